The fourth-order valence-electron chi connectivity index (χ4n) is 3.78. The van der Waals surface area contributed by atoms with E-state index in [1.54, 1.807) is 24.3 Å². The largest absolute Gasteiger partial charge is 0.459 e. The van der Waals surface area contributed by atoms with Crippen LogP contribution in [0.2, 0.25) is 0 Å². The second-order valence-corrected chi connectivity index (χ2v) is 7.71. The molecule has 154 valence electrons. The van der Waals surface area contributed by atoms with Gasteiger partial charge in [0.2, 0.25) is 0 Å². The van der Waals surface area contributed by atoms with Crippen molar-refractivity contribution in [2.24, 2.45) is 0 Å². The van der Waals surface area contributed by atoms with E-state index in [1.165, 1.54) is 32.1 Å². The number of carbonyl (C=O) groups is 2. The molecule has 4 heteroatoms. The van der Waals surface area contributed by atoms with Gasteiger partial charge in [0.05, 0.1) is 11.1 Å². The normalized spacial score (nSPS) is 17.1. The highest BCUT2D eigenvalue weighted by Crippen LogP contribution is 2.22. The van der Waals surface area contributed by atoms with E-state index in [4.69, 9.17) is 9.47 Å². The smallest absolute Gasteiger partial charge is 0.338 e. The monoisotopic (exact) mass is 394 g/mol. The van der Waals surface area contributed by atoms with Gasteiger partial charge in [-0.25, -0.2) is 9.59 Å². The van der Waals surface area contributed by atoms with Crippen LogP contribution in [0.5, 0.6) is 0 Å². The molecule has 2 fully saturated rings. The van der Waals surface area contributed by atoms with Crippen molar-refractivity contribution in [2.75, 3.05) is 0 Å². The molecule has 0 radical (unpaired) electrons. The van der Waals surface area contributed by atoms with Gasteiger partial charge >= 0.3 is 11.9 Å². The van der Waals surface area contributed by atoms with E-state index in [2.05, 4.69) is 0 Å². The van der Waals surface area contributed by atoms with Crippen molar-refractivity contribution < 1.29 is 19.1 Å². The summed E-state index contributed by atoms with van der Waals surface area (Å²) < 4.78 is 10.8. The molecule has 2 aromatic carbocycles. The van der Waals surface area contributed by atoms with Gasteiger partial charge in [0, 0.05) is 0 Å². The van der Waals surface area contributed by atoms with E-state index < -0.39 is 0 Å². The highest BCUT2D eigenvalue weighted by Gasteiger charge is 2.20. The molecule has 2 aromatic rings. The van der Waals surface area contributed by atoms with Gasteiger partial charge in [0.25, 0.3) is 0 Å². The lowest BCUT2D eigenvalue weighted by Gasteiger charge is -2.21. The number of ether oxygens (including phenoxy) is 2. The maximum absolute atomic E-state index is 11.7. The SMILES string of the molecule is O=C(OC1CCCC1)c1ccccc1.O=C(OC1CCCCC1)c1ccccc1. The number of esters is 2. The number of carbonyl (C=O) groups excluding carboxylic acids is 2. The van der Waals surface area contributed by atoms with Crippen LogP contribution in [0, 0.1) is 0 Å². The third-order valence-electron chi connectivity index (χ3n) is 5.42. The summed E-state index contributed by atoms with van der Waals surface area (Å²) in [5, 5.41) is 0. The predicted octanol–water partition coefficient (Wildman–Crippen LogP) is 5.96. The summed E-state index contributed by atoms with van der Waals surface area (Å²) in [4.78, 5) is 23.3. The Kier molecular flexibility index (Phi) is 8.29. The molecule has 0 heterocycles. The van der Waals surface area contributed by atoms with Crippen molar-refractivity contribution in [2.45, 2.75) is 70.0 Å². The first-order chi connectivity index (χ1) is 14.2. The molecule has 0 amide bonds. The summed E-state index contributed by atoms with van der Waals surface area (Å²) in [5.74, 6) is -0.361. The minimum atomic E-state index is -0.183. The quantitative estimate of drug-likeness (QED) is 0.600. The van der Waals surface area contributed by atoms with Crippen LogP contribution in [0.4, 0.5) is 0 Å². The molecular formula is C25H30O4. The Morgan fingerprint density at radius 1 is 0.552 bits per heavy atom. The number of rotatable bonds is 4. The van der Waals surface area contributed by atoms with Gasteiger partial charge in [-0.3, -0.25) is 0 Å². The Hall–Kier alpha value is -2.62. The molecule has 0 saturated heterocycles. The Morgan fingerprint density at radius 2 is 0.897 bits per heavy atom. The minimum Gasteiger partial charge on any atom is -0.459 e. The van der Waals surface area contributed by atoms with Crippen molar-refractivity contribution in [3.63, 3.8) is 0 Å². The number of benzene rings is 2. The van der Waals surface area contributed by atoms with E-state index in [1.807, 2.05) is 36.4 Å². The van der Waals surface area contributed by atoms with Gasteiger partial charge in [0.15, 0.2) is 0 Å². The molecule has 0 aromatic heterocycles. The molecule has 2 saturated carbocycles. The lowest BCUT2D eigenvalue weighted by Crippen LogP contribution is -2.20. The Morgan fingerprint density at radius 3 is 1.28 bits per heavy atom. The predicted molar refractivity (Wildman–Crippen MR) is 113 cm³/mol. The molecule has 4 rings (SSSR count). The van der Waals surface area contributed by atoms with E-state index >= 15 is 0 Å². The molecule has 2 aliphatic rings. The zero-order valence-electron chi connectivity index (χ0n) is 16.9. The standard InChI is InChI=1S/C13H16O2.C12H14O2/c14-13(11-7-3-1-4-8-11)15-12-9-5-2-6-10-12;13-12(10-6-2-1-3-7-10)14-11-8-4-5-9-11/h1,3-4,7-8,12H,2,5-6,9-10H2;1-3,6-7,11H,4-5,8-9H2. The minimum absolute atomic E-state index is 0.145. The second kappa shape index (κ2) is 11.4. The first-order valence-corrected chi connectivity index (χ1v) is 10.7. The summed E-state index contributed by atoms with van der Waals surface area (Å²) in [7, 11) is 0. The van der Waals surface area contributed by atoms with Gasteiger partial charge in [-0.05, 0) is 75.6 Å². The molecule has 0 aliphatic heterocycles. The molecule has 4 nitrogen and oxygen atoms in total. The van der Waals surface area contributed by atoms with E-state index in [0.717, 1.165) is 25.7 Å². The number of hydrogen-bond acceptors (Lipinski definition) is 4. The lowest BCUT2D eigenvalue weighted by atomic mass is 9.98. The third-order valence-corrected chi connectivity index (χ3v) is 5.42. The summed E-state index contributed by atoms with van der Waals surface area (Å²) in [6.45, 7) is 0. The first-order valence-electron chi connectivity index (χ1n) is 10.7. The molecular weight excluding hydrogens is 364 g/mol. The lowest BCUT2D eigenvalue weighted by molar-refractivity contribution is 0.0210. The van der Waals surface area contributed by atoms with Crippen LogP contribution in [0.25, 0.3) is 0 Å². The molecule has 0 spiro atoms. The first kappa shape index (κ1) is 21.1. The van der Waals surface area contributed by atoms with Gasteiger partial charge in [-0.1, -0.05) is 42.8 Å². The van der Waals surface area contributed by atoms with Crippen molar-refractivity contribution in [3.8, 4) is 0 Å². The molecule has 2 aliphatic carbocycles. The van der Waals surface area contributed by atoms with Crippen LogP contribution >= 0.6 is 0 Å². The third kappa shape index (κ3) is 7.04. The van der Waals surface area contributed by atoms with E-state index in [-0.39, 0.29) is 24.1 Å². The van der Waals surface area contributed by atoms with Crippen LogP contribution in [-0.2, 0) is 9.47 Å². The van der Waals surface area contributed by atoms with Crippen molar-refractivity contribution >= 4 is 11.9 Å². The van der Waals surface area contributed by atoms with Crippen LogP contribution in [0.1, 0.15) is 78.5 Å². The zero-order valence-corrected chi connectivity index (χ0v) is 16.9. The van der Waals surface area contributed by atoms with Crippen LogP contribution in [-0.4, -0.2) is 24.1 Å². The summed E-state index contributed by atoms with van der Waals surface area (Å²) in [5.41, 5.74) is 1.31. The molecule has 29 heavy (non-hydrogen) atoms. The zero-order chi connectivity index (χ0) is 20.3. The molecule has 0 N–H and O–H groups in total. The second-order valence-electron chi connectivity index (χ2n) is 7.71. The Balaban J connectivity index is 0.000000166. The summed E-state index contributed by atoms with van der Waals surface area (Å²) >= 11 is 0. The topological polar surface area (TPSA) is 52.6 Å². The molecule has 0 unspecified atom stereocenters. The van der Waals surface area contributed by atoms with Crippen LogP contribution in [0.3, 0.4) is 0 Å². The fourth-order valence-corrected chi connectivity index (χ4v) is 3.78. The fraction of sp³-hybridized carbons (Fsp3) is 0.440. The van der Waals surface area contributed by atoms with Crippen LogP contribution in [0.15, 0.2) is 60.7 Å². The van der Waals surface area contributed by atoms with Gasteiger partial charge in [0.1, 0.15) is 12.2 Å². The van der Waals surface area contributed by atoms with Gasteiger partial charge < -0.3 is 9.47 Å². The molecule has 0 atom stereocenters. The van der Waals surface area contributed by atoms with Crippen molar-refractivity contribution in [1.29, 1.82) is 0 Å². The summed E-state index contributed by atoms with van der Waals surface area (Å²) in [6, 6.07) is 18.4. The highest BCUT2D eigenvalue weighted by atomic mass is 16.5. The van der Waals surface area contributed by atoms with E-state index in [0.29, 0.717) is 11.1 Å². The maximum atomic E-state index is 11.7. The Labute approximate surface area is 173 Å². The van der Waals surface area contributed by atoms with Crippen molar-refractivity contribution in [1.82, 2.24) is 0 Å². The van der Waals surface area contributed by atoms with Gasteiger partial charge in [-0.2, -0.15) is 0 Å². The summed E-state index contributed by atoms with van der Waals surface area (Å²) in [6.07, 6.45) is 10.4. The van der Waals surface area contributed by atoms with Crippen LogP contribution < -0.4 is 0 Å². The van der Waals surface area contributed by atoms with Crippen molar-refractivity contribution in [3.05, 3.63) is 71.8 Å². The highest BCUT2D eigenvalue weighted by molar-refractivity contribution is 5.89. The maximum Gasteiger partial charge on any atom is 0.338 e. The Bertz CT molecular complexity index is 745. The molecule has 0 bridgehead atoms. The number of hydrogen-bond donors (Lipinski definition) is 0. The van der Waals surface area contributed by atoms with Gasteiger partial charge in [-0.15, -0.1) is 0 Å². The average Bonchev–Trinajstić information content (AvgIpc) is 3.29. The van der Waals surface area contributed by atoms with E-state index in [9.17, 15) is 9.59 Å². The average molecular weight is 395 g/mol.